The van der Waals surface area contributed by atoms with Gasteiger partial charge in [-0.3, -0.25) is 14.4 Å². The Morgan fingerprint density at radius 3 is 2.48 bits per heavy atom. The predicted octanol–water partition coefficient (Wildman–Crippen LogP) is 2.85. The number of para-hydroxylation sites is 1. The molecule has 0 unspecified atom stereocenters. The maximum atomic E-state index is 12.6. The molecule has 3 aromatic rings. The fourth-order valence-electron chi connectivity index (χ4n) is 2.51. The van der Waals surface area contributed by atoms with Crippen LogP contribution < -0.4 is 10.2 Å². The molecular formula is C18H15NO4. The summed E-state index contributed by atoms with van der Waals surface area (Å²) < 4.78 is 5.61. The van der Waals surface area contributed by atoms with Crippen molar-refractivity contribution in [2.75, 3.05) is 0 Å². The van der Waals surface area contributed by atoms with Crippen molar-refractivity contribution in [3.8, 4) is 5.75 Å². The average molecular weight is 309 g/mol. The van der Waals surface area contributed by atoms with E-state index in [2.05, 4.69) is 4.98 Å². The highest BCUT2D eigenvalue weighted by Gasteiger charge is 2.22. The molecule has 5 nitrogen and oxygen atoms in total. The highest BCUT2D eigenvalue weighted by Crippen LogP contribution is 2.28. The van der Waals surface area contributed by atoms with Crippen molar-refractivity contribution in [2.24, 2.45) is 0 Å². The maximum Gasteiger partial charge on any atom is 0.197 e. The first-order valence-corrected chi connectivity index (χ1v) is 7.15. The summed E-state index contributed by atoms with van der Waals surface area (Å²) >= 11 is 0. The number of fused-ring (bicyclic) bond motifs is 2. The summed E-state index contributed by atoms with van der Waals surface area (Å²) in [5, 5.41) is 0.959. The molecule has 1 N–H and O–H groups in total. The van der Waals surface area contributed by atoms with Gasteiger partial charge >= 0.3 is 0 Å². The smallest absolute Gasteiger partial charge is 0.197 e. The van der Waals surface area contributed by atoms with E-state index in [1.54, 1.807) is 50.2 Å². The molecule has 116 valence electrons. The lowest BCUT2D eigenvalue weighted by Gasteiger charge is -2.21. The summed E-state index contributed by atoms with van der Waals surface area (Å²) in [4.78, 5) is 38.3. The highest BCUT2D eigenvalue weighted by atomic mass is 16.5. The van der Waals surface area contributed by atoms with Crippen molar-refractivity contribution < 1.29 is 14.3 Å². The zero-order valence-corrected chi connectivity index (χ0v) is 12.8. The van der Waals surface area contributed by atoms with E-state index in [1.165, 1.54) is 0 Å². The van der Waals surface area contributed by atoms with Crippen LogP contribution in [0.2, 0.25) is 0 Å². The zero-order chi connectivity index (χ0) is 16.6. The molecule has 0 saturated carbocycles. The minimum Gasteiger partial charge on any atom is -0.480 e. The Morgan fingerprint density at radius 2 is 1.78 bits per heavy atom. The van der Waals surface area contributed by atoms with Crippen LogP contribution in [-0.2, 0) is 4.79 Å². The second-order valence-corrected chi connectivity index (χ2v) is 5.84. The predicted molar refractivity (Wildman–Crippen MR) is 88.2 cm³/mol. The largest absolute Gasteiger partial charge is 0.480 e. The molecule has 0 amide bonds. The third kappa shape index (κ3) is 2.50. The average Bonchev–Trinajstić information content (AvgIpc) is 2.54. The van der Waals surface area contributed by atoms with Crippen LogP contribution in [0.15, 0.2) is 41.2 Å². The minimum absolute atomic E-state index is 0.154. The SMILES string of the molecule is CC(C)(C=O)Oc1ccc2c(=O)c3ccccc3[nH]c2c1C=O. The van der Waals surface area contributed by atoms with Crippen LogP contribution in [0.3, 0.4) is 0 Å². The standard InChI is InChI=1S/C18H15NO4/c1-18(2,10-21)23-15-8-7-12-16(13(15)9-20)19-14-6-4-3-5-11(14)17(12)22/h3-10H,1-2H3,(H,19,22). The van der Waals surface area contributed by atoms with Crippen LogP contribution in [0.4, 0.5) is 0 Å². The molecule has 0 atom stereocenters. The summed E-state index contributed by atoms with van der Waals surface area (Å²) in [6.07, 6.45) is 1.29. The molecule has 0 fully saturated rings. The lowest BCUT2D eigenvalue weighted by Crippen LogP contribution is -2.30. The normalized spacial score (nSPS) is 11.6. The number of benzene rings is 2. The number of carbonyl (C=O) groups is 2. The third-order valence-corrected chi connectivity index (χ3v) is 3.66. The van der Waals surface area contributed by atoms with Gasteiger partial charge in [-0.2, -0.15) is 0 Å². The van der Waals surface area contributed by atoms with E-state index in [1.807, 2.05) is 0 Å². The second kappa shape index (κ2) is 5.35. The van der Waals surface area contributed by atoms with E-state index in [0.717, 1.165) is 0 Å². The molecule has 0 aliphatic heterocycles. The van der Waals surface area contributed by atoms with Gasteiger partial charge in [0.15, 0.2) is 23.6 Å². The molecule has 0 saturated heterocycles. The van der Waals surface area contributed by atoms with E-state index in [4.69, 9.17) is 4.74 Å². The molecule has 0 aliphatic carbocycles. The first-order valence-electron chi connectivity index (χ1n) is 7.15. The van der Waals surface area contributed by atoms with Gasteiger partial charge in [-0.1, -0.05) is 12.1 Å². The number of hydrogen-bond acceptors (Lipinski definition) is 4. The van der Waals surface area contributed by atoms with Crippen molar-refractivity contribution in [3.63, 3.8) is 0 Å². The number of aromatic amines is 1. The van der Waals surface area contributed by atoms with Gasteiger partial charge in [0.25, 0.3) is 0 Å². The zero-order valence-electron chi connectivity index (χ0n) is 12.8. The van der Waals surface area contributed by atoms with Gasteiger partial charge in [0, 0.05) is 16.3 Å². The van der Waals surface area contributed by atoms with Gasteiger partial charge in [0.2, 0.25) is 0 Å². The number of rotatable bonds is 4. The van der Waals surface area contributed by atoms with Crippen molar-refractivity contribution in [1.82, 2.24) is 4.98 Å². The minimum atomic E-state index is -1.07. The Hall–Kier alpha value is -2.95. The van der Waals surface area contributed by atoms with E-state index in [-0.39, 0.29) is 16.7 Å². The van der Waals surface area contributed by atoms with E-state index < -0.39 is 5.60 Å². The Kier molecular flexibility index (Phi) is 3.48. The number of hydrogen-bond donors (Lipinski definition) is 1. The molecule has 3 rings (SSSR count). The van der Waals surface area contributed by atoms with Crippen LogP contribution in [0.5, 0.6) is 5.75 Å². The van der Waals surface area contributed by atoms with Crippen LogP contribution in [0, 0.1) is 0 Å². The number of nitrogens with one attached hydrogen (secondary N) is 1. The number of pyridine rings is 1. The quantitative estimate of drug-likeness (QED) is 0.594. The molecule has 0 spiro atoms. The second-order valence-electron chi connectivity index (χ2n) is 5.84. The number of H-pyrrole nitrogens is 1. The monoisotopic (exact) mass is 309 g/mol. The van der Waals surface area contributed by atoms with E-state index in [9.17, 15) is 14.4 Å². The number of ether oxygens (including phenoxy) is 1. The maximum absolute atomic E-state index is 12.6. The van der Waals surface area contributed by atoms with Gasteiger partial charge in [0.1, 0.15) is 5.75 Å². The number of aldehydes is 2. The van der Waals surface area contributed by atoms with Crippen molar-refractivity contribution >= 4 is 34.4 Å². The van der Waals surface area contributed by atoms with Gasteiger partial charge < -0.3 is 9.72 Å². The molecule has 1 aromatic heterocycles. The topological polar surface area (TPSA) is 76.2 Å². The number of aromatic nitrogens is 1. The molecule has 5 heteroatoms. The van der Waals surface area contributed by atoms with E-state index >= 15 is 0 Å². The molecule has 2 aromatic carbocycles. The number of carbonyl (C=O) groups excluding carboxylic acids is 2. The molecule has 0 radical (unpaired) electrons. The molecule has 23 heavy (non-hydrogen) atoms. The molecular weight excluding hydrogens is 294 g/mol. The Morgan fingerprint density at radius 1 is 1.04 bits per heavy atom. The lowest BCUT2D eigenvalue weighted by molar-refractivity contribution is -0.119. The van der Waals surface area contributed by atoms with Crippen molar-refractivity contribution in [2.45, 2.75) is 19.4 Å². The van der Waals surface area contributed by atoms with Gasteiger partial charge in [-0.25, -0.2) is 0 Å². The Labute approximate surface area is 131 Å². The van der Waals surface area contributed by atoms with Crippen LogP contribution >= 0.6 is 0 Å². The molecule has 0 bridgehead atoms. The third-order valence-electron chi connectivity index (χ3n) is 3.66. The van der Waals surface area contributed by atoms with Gasteiger partial charge in [-0.05, 0) is 38.1 Å². The van der Waals surface area contributed by atoms with Gasteiger partial charge in [0.05, 0.1) is 11.1 Å². The molecule has 1 heterocycles. The summed E-state index contributed by atoms with van der Waals surface area (Å²) in [5.74, 6) is 0.260. The summed E-state index contributed by atoms with van der Waals surface area (Å²) in [5.41, 5.74) is 0.0458. The van der Waals surface area contributed by atoms with Crippen molar-refractivity contribution in [1.29, 1.82) is 0 Å². The summed E-state index contributed by atoms with van der Waals surface area (Å²) in [7, 11) is 0. The summed E-state index contributed by atoms with van der Waals surface area (Å²) in [6.45, 7) is 3.20. The fourth-order valence-corrected chi connectivity index (χ4v) is 2.51. The fraction of sp³-hybridized carbons (Fsp3) is 0.167. The molecule has 0 aliphatic rings. The van der Waals surface area contributed by atoms with Crippen LogP contribution in [-0.4, -0.2) is 23.2 Å². The van der Waals surface area contributed by atoms with E-state index in [0.29, 0.717) is 34.4 Å². The van der Waals surface area contributed by atoms with Crippen LogP contribution in [0.25, 0.3) is 21.8 Å². The highest BCUT2D eigenvalue weighted by molar-refractivity contribution is 6.02. The Balaban J connectivity index is 2.35. The first-order chi connectivity index (χ1) is 11.0. The summed E-state index contributed by atoms with van der Waals surface area (Å²) in [6, 6.07) is 10.2. The first kappa shape index (κ1) is 15.0. The van der Waals surface area contributed by atoms with Crippen molar-refractivity contribution in [3.05, 3.63) is 52.2 Å². The van der Waals surface area contributed by atoms with Crippen LogP contribution in [0.1, 0.15) is 24.2 Å². The lowest BCUT2D eigenvalue weighted by atomic mass is 10.1. The Bertz CT molecular complexity index is 985. The van der Waals surface area contributed by atoms with Gasteiger partial charge in [-0.15, -0.1) is 0 Å².